The molecule has 4 nitrogen and oxygen atoms in total. The van der Waals surface area contributed by atoms with Crippen molar-refractivity contribution in [3.05, 3.63) is 0 Å². The fraction of sp³-hybridized carbons (Fsp3) is 0.917. The van der Waals surface area contributed by atoms with Crippen LogP contribution in [0.4, 0.5) is 0 Å². The predicted octanol–water partition coefficient (Wildman–Crippen LogP) is 1.31. The van der Waals surface area contributed by atoms with Crippen molar-refractivity contribution in [1.29, 1.82) is 0 Å². The summed E-state index contributed by atoms with van der Waals surface area (Å²) in [5, 5.41) is 11.9. The first-order chi connectivity index (χ1) is 7.39. The first-order valence-electron chi connectivity index (χ1n) is 6.10. The number of carboxylic acid groups (broad SMARTS) is 1. The summed E-state index contributed by atoms with van der Waals surface area (Å²) in [7, 11) is 0. The standard InChI is InChI=1S/C12H24N2O2/c1-12(2,3)14-8-4-5-10(9-14)13-7-6-11(15)16/h10,13H,4-9H2,1-3H3,(H,15,16). The highest BCUT2D eigenvalue weighted by molar-refractivity contribution is 5.66. The molecular formula is C12H24N2O2. The van der Waals surface area contributed by atoms with Gasteiger partial charge in [-0.25, -0.2) is 0 Å². The number of likely N-dealkylation sites (tertiary alicyclic amines) is 1. The van der Waals surface area contributed by atoms with E-state index in [4.69, 9.17) is 5.11 Å². The number of carbonyl (C=O) groups is 1. The Hall–Kier alpha value is -0.610. The second-order valence-electron chi connectivity index (χ2n) is 5.55. The molecule has 0 aromatic carbocycles. The molecule has 0 aromatic heterocycles. The SMILES string of the molecule is CC(C)(C)N1CCCC(NCCC(=O)O)C1. The molecule has 1 rings (SSSR count). The number of hydrogen-bond acceptors (Lipinski definition) is 3. The van der Waals surface area contributed by atoms with E-state index in [9.17, 15) is 4.79 Å². The first kappa shape index (κ1) is 13.5. The van der Waals surface area contributed by atoms with Gasteiger partial charge in [-0.1, -0.05) is 0 Å². The number of nitrogens with one attached hydrogen (secondary N) is 1. The van der Waals surface area contributed by atoms with Gasteiger partial charge in [0.2, 0.25) is 0 Å². The molecule has 0 aliphatic carbocycles. The van der Waals surface area contributed by atoms with Crippen LogP contribution < -0.4 is 5.32 Å². The summed E-state index contributed by atoms with van der Waals surface area (Å²) in [6.07, 6.45) is 2.57. The zero-order valence-corrected chi connectivity index (χ0v) is 10.6. The number of nitrogens with zero attached hydrogens (tertiary/aromatic N) is 1. The molecule has 0 spiro atoms. The molecule has 1 unspecified atom stereocenters. The van der Waals surface area contributed by atoms with E-state index in [1.54, 1.807) is 0 Å². The zero-order chi connectivity index (χ0) is 12.2. The molecule has 0 amide bonds. The van der Waals surface area contributed by atoms with Crippen molar-refractivity contribution >= 4 is 5.97 Å². The Morgan fingerprint density at radius 3 is 2.75 bits per heavy atom. The van der Waals surface area contributed by atoms with E-state index >= 15 is 0 Å². The van der Waals surface area contributed by atoms with Gasteiger partial charge >= 0.3 is 5.97 Å². The van der Waals surface area contributed by atoms with E-state index in [0.29, 0.717) is 12.6 Å². The summed E-state index contributed by atoms with van der Waals surface area (Å²) in [5.74, 6) is -0.726. The number of aliphatic carboxylic acids is 1. The summed E-state index contributed by atoms with van der Waals surface area (Å²) >= 11 is 0. The van der Waals surface area contributed by atoms with Gasteiger partial charge < -0.3 is 10.4 Å². The fourth-order valence-corrected chi connectivity index (χ4v) is 2.14. The second kappa shape index (κ2) is 5.64. The lowest BCUT2D eigenvalue weighted by atomic mass is 9.98. The van der Waals surface area contributed by atoms with Crippen LogP contribution in [0, 0.1) is 0 Å². The predicted molar refractivity (Wildman–Crippen MR) is 64.6 cm³/mol. The minimum atomic E-state index is -0.726. The highest BCUT2D eigenvalue weighted by Gasteiger charge is 2.27. The van der Waals surface area contributed by atoms with Crippen LogP contribution in [0.3, 0.4) is 0 Å². The Balaban J connectivity index is 2.31. The van der Waals surface area contributed by atoms with Gasteiger partial charge in [-0.3, -0.25) is 9.69 Å². The van der Waals surface area contributed by atoms with Crippen molar-refractivity contribution in [3.63, 3.8) is 0 Å². The summed E-state index contributed by atoms with van der Waals surface area (Å²) in [5.41, 5.74) is 0.215. The van der Waals surface area contributed by atoms with Crippen LogP contribution in [0.1, 0.15) is 40.0 Å². The Labute approximate surface area is 98.0 Å². The molecule has 1 atom stereocenters. The Kier molecular flexibility index (Phi) is 4.74. The number of rotatable bonds is 4. The van der Waals surface area contributed by atoms with Crippen molar-refractivity contribution in [1.82, 2.24) is 10.2 Å². The molecule has 0 bridgehead atoms. The maximum absolute atomic E-state index is 10.4. The van der Waals surface area contributed by atoms with E-state index < -0.39 is 5.97 Å². The van der Waals surface area contributed by atoms with Gasteiger partial charge in [0.05, 0.1) is 6.42 Å². The van der Waals surface area contributed by atoms with Crippen molar-refractivity contribution in [2.75, 3.05) is 19.6 Å². The van der Waals surface area contributed by atoms with Crippen molar-refractivity contribution < 1.29 is 9.90 Å². The molecule has 94 valence electrons. The molecule has 1 aliphatic rings. The summed E-state index contributed by atoms with van der Waals surface area (Å²) < 4.78 is 0. The average molecular weight is 228 g/mol. The Morgan fingerprint density at radius 1 is 1.50 bits per heavy atom. The molecule has 0 saturated carbocycles. The van der Waals surface area contributed by atoms with Crippen LogP contribution in [-0.2, 0) is 4.79 Å². The van der Waals surface area contributed by atoms with Crippen LogP contribution in [-0.4, -0.2) is 47.2 Å². The van der Waals surface area contributed by atoms with Gasteiger partial charge in [0.1, 0.15) is 0 Å². The third-order valence-electron chi connectivity index (χ3n) is 3.14. The fourth-order valence-electron chi connectivity index (χ4n) is 2.14. The maximum atomic E-state index is 10.4. The molecule has 1 fully saturated rings. The first-order valence-corrected chi connectivity index (χ1v) is 6.10. The van der Waals surface area contributed by atoms with E-state index in [1.807, 2.05) is 0 Å². The molecule has 1 aliphatic heterocycles. The van der Waals surface area contributed by atoms with Crippen LogP contribution >= 0.6 is 0 Å². The zero-order valence-electron chi connectivity index (χ0n) is 10.6. The normalized spacial score (nSPS) is 23.3. The van der Waals surface area contributed by atoms with Gasteiger partial charge in [0.25, 0.3) is 0 Å². The average Bonchev–Trinajstić information content (AvgIpc) is 2.16. The van der Waals surface area contributed by atoms with Crippen molar-refractivity contribution in [2.45, 2.75) is 51.6 Å². The molecular weight excluding hydrogens is 204 g/mol. The highest BCUT2D eigenvalue weighted by Crippen LogP contribution is 2.19. The van der Waals surface area contributed by atoms with Crippen LogP contribution in [0.2, 0.25) is 0 Å². The molecule has 4 heteroatoms. The van der Waals surface area contributed by atoms with E-state index in [0.717, 1.165) is 19.5 Å². The number of piperidine rings is 1. The monoisotopic (exact) mass is 228 g/mol. The minimum absolute atomic E-state index is 0.214. The lowest BCUT2D eigenvalue weighted by Crippen LogP contribution is -2.52. The third-order valence-corrected chi connectivity index (χ3v) is 3.14. The Bertz CT molecular complexity index is 236. The van der Waals surface area contributed by atoms with Crippen LogP contribution in [0.15, 0.2) is 0 Å². The molecule has 16 heavy (non-hydrogen) atoms. The largest absolute Gasteiger partial charge is 0.481 e. The minimum Gasteiger partial charge on any atom is -0.481 e. The highest BCUT2D eigenvalue weighted by atomic mass is 16.4. The quantitative estimate of drug-likeness (QED) is 0.762. The van der Waals surface area contributed by atoms with Crippen LogP contribution in [0.5, 0.6) is 0 Å². The third kappa shape index (κ3) is 4.49. The molecule has 2 N–H and O–H groups in total. The molecule has 1 heterocycles. The molecule has 0 aromatic rings. The molecule has 0 radical (unpaired) electrons. The maximum Gasteiger partial charge on any atom is 0.304 e. The Morgan fingerprint density at radius 2 is 2.19 bits per heavy atom. The summed E-state index contributed by atoms with van der Waals surface area (Å²) in [6.45, 7) is 9.45. The number of carboxylic acids is 1. The molecule has 1 saturated heterocycles. The smallest absolute Gasteiger partial charge is 0.304 e. The van der Waals surface area contributed by atoms with E-state index in [1.165, 1.54) is 6.42 Å². The van der Waals surface area contributed by atoms with Gasteiger partial charge in [-0.15, -0.1) is 0 Å². The van der Waals surface area contributed by atoms with Crippen molar-refractivity contribution in [2.24, 2.45) is 0 Å². The van der Waals surface area contributed by atoms with E-state index in [-0.39, 0.29) is 12.0 Å². The van der Waals surface area contributed by atoms with Gasteiger partial charge in [0, 0.05) is 24.7 Å². The van der Waals surface area contributed by atoms with Gasteiger partial charge in [0.15, 0.2) is 0 Å². The van der Waals surface area contributed by atoms with Gasteiger partial charge in [-0.05, 0) is 40.2 Å². The topological polar surface area (TPSA) is 52.6 Å². The second-order valence-corrected chi connectivity index (χ2v) is 5.55. The lowest BCUT2D eigenvalue weighted by molar-refractivity contribution is -0.136. The number of hydrogen-bond donors (Lipinski definition) is 2. The summed E-state index contributed by atoms with van der Waals surface area (Å²) in [6, 6.07) is 0.451. The van der Waals surface area contributed by atoms with Crippen molar-refractivity contribution in [3.8, 4) is 0 Å². The lowest BCUT2D eigenvalue weighted by Gasteiger charge is -2.41. The van der Waals surface area contributed by atoms with Gasteiger partial charge in [-0.2, -0.15) is 0 Å². The summed E-state index contributed by atoms with van der Waals surface area (Å²) in [4.78, 5) is 12.9. The van der Waals surface area contributed by atoms with E-state index in [2.05, 4.69) is 31.0 Å². The van der Waals surface area contributed by atoms with Crippen LogP contribution in [0.25, 0.3) is 0 Å².